The molecule has 2 aromatic heterocycles. The summed E-state index contributed by atoms with van der Waals surface area (Å²) >= 11 is 3.60. The molecule has 1 atom stereocenters. The number of amides is 1. The number of para-hydroxylation sites is 1. The summed E-state index contributed by atoms with van der Waals surface area (Å²) < 4.78 is 0. The Morgan fingerprint density at radius 2 is 2.04 bits per heavy atom. The van der Waals surface area contributed by atoms with Crippen LogP contribution in [0, 0.1) is 0 Å². The van der Waals surface area contributed by atoms with Crippen molar-refractivity contribution in [3.05, 3.63) is 74.1 Å². The molecule has 0 saturated carbocycles. The van der Waals surface area contributed by atoms with Gasteiger partial charge in [-0.3, -0.25) is 9.69 Å². The molecule has 3 heterocycles. The zero-order valence-electron chi connectivity index (χ0n) is 14.8. The number of carbonyl (C=O) groups is 1. The zero-order valence-corrected chi connectivity index (χ0v) is 16.4. The van der Waals surface area contributed by atoms with Gasteiger partial charge in [0.25, 0.3) is 0 Å². The largest absolute Gasteiger partial charge is 0.325 e. The van der Waals surface area contributed by atoms with E-state index in [-0.39, 0.29) is 11.9 Å². The molecule has 0 fully saturated rings. The molecule has 134 valence electrons. The normalized spacial score (nSPS) is 17.0. The summed E-state index contributed by atoms with van der Waals surface area (Å²) in [5, 5.41) is 7.41. The zero-order chi connectivity index (χ0) is 17.9. The number of nitrogens with zero attached hydrogens (tertiary/aromatic N) is 1. The van der Waals surface area contributed by atoms with Gasteiger partial charge in [-0.1, -0.05) is 31.2 Å². The summed E-state index contributed by atoms with van der Waals surface area (Å²) in [6, 6.07) is 14.7. The van der Waals surface area contributed by atoms with Gasteiger partial charge >= 0.3 is 0 Å². The van der Waals surface area contributed by atoms with Crippen molar-refractivity contribution in [1.29, 1.82) is 0 Å². The van der Waals surface area contributed by atoms with Crippen molar-refractivity contribution >= 4 is 34.3 Å². The molecular formula is C21H22N2OS2. The van der Waals surface area contributed by atoms with Gasteiger partial charge in [0.1, 0.15) is 0 Å². The number of hydrogen-bond acceptors (Lipinski definition) is 4. The number of carbonyl (C=O) groups excluding carboxylic acids is 1. The van der Waals surface area contributed by atoms with Crippen LogP contribution in [0.2, 0.25) is 0 Å². The molecule has 0 radical (unpaired) electrons. The molecule has 0 saturated heterocycles. The van der Waals surface area contributed by atoms with E-state index in [9.17, 15) is 4.79 Å². The molecule has 1 aromatic carbocycles. The van der Waals surface area contributed by atoms with Crippen molar-refractivity contribution in [2.75, 3.05) is 18.4 Å². The highest BCUT2D eigenvalue weighted by Gasteiger charge is 2.31. The molecule has 3 nitrogen and oxygen atoms in total. The lowest BCUT2D eigenvalue weighted by Crippen LogP contribution is -2.40. The van der Waals surface area contributed by atoms with Crippen LogP contribution in [0.4, 0.5) is 5.69 Å². The minimum atomic E-state index is 0.0612. The van der Waals surface area contributed by atoms with Crippen LogP contribution in [0.25, 0.3) is 0 Å². The predicted molar refractivity (Wildman–Crippen MR) is 110 cm³/mol. The fraction of sp³-hybridized carbons (Fsp3) is 0.286. The van der Waals surface area contributed by atoms with E-state index in [1.165, 1.54) is 20.9 Å². The second-order valence-electron chi connectivity index (χ2n) is 6.50. The van der Waals surface area contributed by atoms with Gasteiger partial charge in [0.2, 0.25) is 5.91 Å². The van der Waals surface area contributed by atoms with Crippen LogP contribution in [0.15, 0.2) is 53.2 Å². The molecule has 1 amide bonds. The van der Waals surface area contributed by atoms with Crippen molar-refractivity contribution in [1.82, 2.24) is 4.90 Å². The maximum Gasteiger partial charge on any atom is 0.238 e. The molecule has 0 spiro atoms. The topological polar surface area (TPSA) is 32.3 Å². The van der Waals surface area contributed by atoms with Crippen LogP contribution in [0.1, 0.15) is 33.8 Å². The Morgan fingerprint density at radius 3 is 2.85 bits per heavy atom. The van der Waals surface area contributed by atoms with Crippen molar-refractivity contribution in [3.8, 4) is 0 Å². The lowest BCUT2D eigenvalue weighted by atomic mass is 9.98. The minimum Gasteiger partial charge on any atom is -0.325 e. The van der Waals surface area contributed by atoms with Gasteiger partial charge in [-0.15, -0.1) is 22.7 Å². The first-order valence-electron chi connectivity index (χ1n) is 8.97. The first-order chi connectivity index (χ1) is 12.8. The molecule has 1 N–H and O–H groups in total. The lowest BCUT2D eigenvalue weighted by Gasteiger charge is -2.34. The van der Waals surface area contributed by atoms with Crippen molar-refractivity contribution in [3.63, 3.8) is 0 Å². The number of nitrogens with one attached hydrogen (secondary N) is 1. The predicted octanol–water partition coefficient (Wildman–Crippen LogP) is 4.96. The van der Waals surface area contributed by atoms with Crippen LogP contribution >= 0.6 is 22.7 Å². The van der Waals surface area contributed by atoms with Crippen LogP contribution in [0.3, 0.4) is 0 Å². The van der Waals surface area contributed by atoms with E-state index in [0.717, 1.165) is 25.1 Å². The Labute approximate surface area is 162 Å². The van der Waals surface area contributed by atoms with Crippen LogP contribution in [-0.2, 0) is 17.6 Å². The molecule has 0 unspecified atom stereocenters. The summed E-state index contributed by atoms with van der Waals surface area (Å²) in [6.45, 7) is 3.44. The summed E-state index contributed by atoms with van der Waals surface area (Å²) in [5.41, 5.74) is 3.47. The molecule has 26 heavy (non-hydrogen) atoms. The second kappa shape index (κ2) is 7.74. The van der Waals surface area contributed by atoms with E-state index in [4.69, 9.17) is 0 Å². The smallest absolute Gasteiger partial charge is 0.238 e. The minimum absolute atomic E-state index is 0.0612. The third kappa shape index (κ3) is 3.47. The van der Waals surface area contributed by atoms with E-state index in [1.807, 2.05) is 29.5 Å². The number of anilines is 1. The van der Waals surface area contributed by atoms with E-state index < -0.39 is 0 Å². The van der Waals surface area contributed by atoms with E-state index >= 15 is 0 Å². The molecule has 0 aliphatic carbocycles. The van der Waals surface area contributed by atoms with Gasteiger partial charge < -0.3 is 5.32 Å². The highest BCUT2D eigenvalue weighted by molar-refractivity contribution is 7.10. The summed E-state index contributed by atoms with van der Waals surface area (Å²) in [7, 11) is 0. The van der Waals surface area contributed by atoms with Gasteiger partial charge in [-0.25, -0.2) is 0 Å². The first-order valence-corrected chi connectivity index (χ1v) is 10.7. The number of benzene rings is 1. The Hall–Kier alpha value is -1.95. The van der Waals surface area contributed by atoms with Gasteiger partial charge in [-0.05, 0) is 52.9 Å². The second-order valence-corrected chi connectivity index (χ2v) is 8.48. The van der Waals surface area contributed by atoms with Crippen molar-refractivity contribution in [2.24, 2.45) is 0 Å². The van der Waals surface area contributed by atoms with Gasteiger partial charge in [0, 0.05) is 22.0 Å². The maximum atomic E-state index is 12.8. The standard InChI is InChI=1S/C21H22N2OS2/c1-2-15-6-3-4-7-17(15)22-20(24)14-23-11-9-18-16(10-13-26-18)21(23)19-8-5-12-25-19/h3-8,10,12-13,21H,2,9,11,14H2,1H3,(H,22,24)/t21-/m1/s1. The summed E-state index contributed by atoms with van der Waals surface area (Å²) in [4.78, 5) is 17.8. The molecule has 1 aliphatic rings. The SMILES string of the molecule is CCc1ccccc1NC(=O)CN1CCc2sccc2[C@@H]1c1cccs1. The Morgan fingerprint density at radius 1 is 1.15 bits per heavy atom. The van der Waals surface area contributed by atoms with E-state index in [2.05, 4.69) is 52.2 Å². The third-order valence-electron chi connectivity index (χ3n) is 4.90. The van der Waals surface area contributed by atoms with Crippen molar-refractivity contribution in [2.45, 2.75) is 25.8 Å². The molecular weight excluding hydrogens is 360 g/mol. The van der Waals surface area contributed by atoms with Gasteiger partial charge in [0.15, 0.2) is 0 Å². The molecule has 4 rings (SSSR count). The number of rotatable bonds is 5. The highest BCUT2D eigenvalue weighted by atomic mass is 32.1. The van der Waals surface area contributed by atoms with Crippen LogP contribution < -0.4 is 5.32 Å². The highest BCUT2D eigenvalue weighted by Crippen LogP contribution is 2.39. The average molecular weight is 383 g/mol. The number of hydrogen-bond donors (Lipinski definition) is 1. The number of aryl methyl sites for hydroxylation is 1. The molecule has 3 aromatic rings. The first kappa shape index (κ1) is 17.5. The molecule has 1 aliphatic heterocycles. The quantitative estimate of drug-likeness (QED) is 0.676. The summed E-state index contributed by atoms with van der Waals surface area (Å²) in [5.74, 6) is 0.0612. The lowest BCUT2D eigenvalue weighted by molar-refractivity contribution is -0.117. The van der Waals surface area contributed by atoms with Crippen molar-refractivity contribution < 1.29 is 4.79 Å². The fourth-order valence-electron chi connectivity index (χ4n) is 3.64. The monoisotopic (exact) mass is 382 g/mol. The Kier molecular flexibility index (Phi) is 5.20. The average Bonchev–Trinajstić information content (AvgIpc) is 3.33. The number of thiophene rings is 2. The Balaban J connectivity index is 1.54. The third-order valence-corrected chi connectivity index (χ3v) is 6.82. The molecule has 5 heteroatoms. The fourth-order valence-corrected chi connectivity index (χ4v) is 5.42. The number of fused-ring (bicyclic) bond motifs is 1. The van der Waals surface area contributed by atoms with E-state index in [1.54, 1.807) is 11.3 Å². The molecule has 0 bridgehead atoms. The summed E-state index contributed by atoms with van der Waals surface area (Å²) in [6.07, 6.45) is 1.93. The van der Waals surface area contributed by atoms with Crippen LogP contribution in [0.5, 0.6) is 0 Å². The van der Waals surface area contributed by atoms with Gasteiger partial charge in [0.05, 0.1) is 12.6 Å². The van der Waals surface area contributed by atoms with Crippen LogP contribution in [-0.4, -0.2) is 23.9 Å². The Bertz CT molecular complexity index is 885. The maximum absolute atomic E-state index is 12.8. The van der Waals surface area contributed by atoms with E-state index in [0.29, 0.717) is 6.54 Å². The van der Waals surface area contributed by atoms with Gasteiger partial charge in [-0.2, -0.15) is 0 Å².